The molecule has 1 heterocycles. The van der Waals surface area contributed by atoms with E-state index in [4.69, 9.17) is 0 Å². The van der Waals surface area contributed by atoms with Crippen molar-refractivity contribution >= 4 is 11.6 Å². The molecule has 3 aromatic rings. The van der Waals surface area contributed by atoms with Crippen LogP contribution in [0.2, 0.25) is 0 Å². The lowest BCUT2D eigenvalue weighted by atomic mass is 9.93. The molecule has 1 aliphatic rings. The molecule has 1 aliphatic carbocycles. The average molecular weight is 351 g/mol. The van der Waals surface area contributed by atoms with Crippen LogP contribution in [0.4, 0.5) is 13.2 Å². The van der Waals surface area contributed by atoms with Crippen LogP contribution in [0.1, 0.15) is 39.9 Å². The molecule has 4 rings (SSSR count). The van der Waals surface area contributed by atoms with E-state index in [2.05, 4.69) is 4.98 Å². The monoisotopic (exact) mass is 351 g/mol. The van der Waals surface area contributed by atoms with Crippen molar-refractivity contribution < 1.29 is 13.2 Å². The molecule has 26 heavy (non-hydrogen) atoms. The molecule has 0 saturated heterocycles. The van der Waals surface area contributed by atoms with Gasteiger partial charge in [0.05, 0.1) is 0 Å². The number of nitrogens with zero attached hydrogens (tertiary/aromatic N) is 1. The summed E-state index contributed by atoms with van der Waals surface area (Å²) in [6.45, 7) is 0. The Morgan fingerprint density at radius 2 is 1.81 bits per heavy atom. The first-order chi connectivity index (χ1) is 12.6. The number of aromatic nitrogens is 1. The third-order valence-corrected chi connectivity index (χ3v) is 4.64. The van der Waals surface area contributed by atoms with E-state index in [-0.39, 0.29) is 11.4 Å². The molecule has 0 aliphatic heterocycles. The van der Waals surface area contributed by atoms with Gasteiger partial charge in [0.1, 0.15) is 5.82 Å². The van der Waals surface area contributed by atoms with Gasteiger partial charge in [-0.2, -0.15) is 0 Å². The highest BCUT2D eigenvalue weighted by molar-refractivity contribution is 5.93. The molecule has 0 saturated carbocycles. The summed E-state index contributed by atoms with van der Waals surface area (Å²) >= 11 is 0. The molecule has 0 spiro atoms. The largest absolute Gasteiger partial charge is 0.263 e. The summed E-state index contributed by atoms with van der Waals surface area (Å²) in [5.74, 6) is -0.276. The van der Waals surface area contributed by atoms with Crippen LogP contribution in [0.5, 0.6) is 0 Å². The number of fused-ring (bicyclic) bond motifs is 2. The van der Waals surface area contributed by atoms with Crippen LogP contribution in [0.15, 0.2) is 60.8 Å². The summed E-state index contributed by atoms with van der Waals surface area (Å²) in [4.78, 5) is 4.47. The third-order valence-electron chi connectivity index (χ3n) is 4.64. The van der Waals surface area contributed by atoms with Gasteiger partial charge in [0.25, 0.3) is 6.43 Å². The van der Waals surface area contributed by atoms with E-state index >= 15 is 0 Å². The first-order valence-corrected chi connectivity index (χ1v) is 8.45. The quantitative estimate of drug-likeness (QED) is 0.565. The Morgan fingerprint density at radius 3 is 2.65 bits per heavy atom. The lowest BCUT2D eigenvalue weighted by Gasteiger charge is -2.12. The van der Waals surface area contributed by atoms with Crippen molar-refractivity contribution in [1.82, 2.24) is 4.98 Å². The zero-order chi connectivity index (χ0) is 18.1. The summed E-state index contributed by atoms with van der Waals surface area (Å²) in [6.07, 6.45) is 2.50. The van der Waals surface area contributed by atoms with Crippen LogP contribution in [0.3, 0.4) is 0 Å². The normalized spacial score (nSPS) is 14.8. The van der Waals surface area contributed by atoms with Gasteiger partial charge in [0.2, 0.25) is 0 Å². The van der Waals surface area contributed by atoms with Gasteiger partial charge in [-0.05, 0) is 65.4 Å². The summed E-state index contributed by atoms with van der Waals surface area (Å²) in [7, 11) is 0. The maximum Gasteiger partial charge on any atom is 0.263 e. The van der Waals surface area contributed by atoms with Crippen molar-refractivity contribution in [2.24, 2.45) is 0 Å². The van der Waals surface area contributed by atoms with Crippen LogP contribution in [-0.4, -0.2) is 4.98 Å². The minimum absolute atomic E-state index is 0.0151. The number of hydrogen-bond acceptors (Lipinski definition) is 1. The van der Waals surface area contributed by atoms with E-state index in [0.717, 1.165) is 28.0 Å². The Labute approximate surface area is 149 Å². The van der Waals surface area contributed by atoms with E-state index in [1.54, 1.807) is 30.5 Å². The number of benzene rings is 2. The van der Waals surface area contributed by atoms with Crippen LogP contribution in [0.25, 0.3) is 11.6 Å². The topological polar surface area (TPSA) is 12.9 Å². The van der Waals surface area contributed by atoms with Crippen molar-refractivity contribution in [3.63, 3.8) is 0 Å². The molecule has 0 amide bonds. The van der Waals surface area contributed by atoms with Gasteiger partial charge in [-0.3, -0.25) is 4.98 Å². The number of hydrogen-bond donors (Lipinski definition) is 0. The van der Waals surface area contributed by atoms with Gasteiger partial charge >= 0.3 is 0 Å². The zero-order valence-corrected chi connectivity index (χ0v) is 13.9. The van der Waals surface area contributed by atoms with E-state index < -0.39 is 6.43 Å². The molecule has 2 aromatic carbocycles. The SMILES string of the molecule is Fc1ccc2c(c1)CCc1ncccc1/C2=C/c1cccc(C(F)F)c1. The standard InChI is InChI=1S/C22H16F3N/c23-17-7-8-18-15(13-17)6-9-21-19(5-2-10-26-21)20(18)12-14-3-1-4-16(11-14)22(24)25/h1-5,7-8,10-13,22H,6,9H2/b20-12+. The van der Waals surface area contributed by atoms with E-state index in [1.807, 2.05) is 18.2 Å². The summed E-state index contributed by atoms with van der Waals surface area (Å²) in [6, 6.07) is 14.9. The number of aryl methyl sites for hydroxylation is 2. The Bertz CT molecular complexity index is 992. The zero-order valence-electron chi connectivity index (χ0n) is 13.9. The van der Waals surface area contributed by atoms with Gasteiger partial charge in [0, 0.05) is 23.0 Å². The molecule has 0 unspecified atom stereocenters. The highest BCUT2D eigenvalue weighted by atomic mass is 19.3. The van der Waals surface area contributed by atoms with Gasteiger partial charge < -0.3 is 0 Å². The molecule has 0 bridgehead atoms. The second kappa shape index (κ2) is 6.79. The minimum Gasteiger partial charge on any atom is -0.261 e. The van der Waals surface area contributed by atoms with Crippen LogP contribution in [0, 0.1) is 5.82 Å². The van der Waals surface area contributed by atoms with Crippen molar-refractivity contribution in [1.29, 1.82) is 0 Å². The number of pyridine rings is 1. The van der Waals surface area contributed by atoms with Crippen molar-refractivity contribution in [2.75, 3.05) is 0 Å². The number of halogens is 3. The molecule has 1 nitrogen and oxygen atoms in total. The van der Waals surface area contributed by atoms with Crippen molar-refractivity contribution in [2.45, 2.75) is 19.3 Å². The lowest BCUT2D eigenvalue weighted by Crippen LogP contribution is -1.95. The predicted octanol–water partition coefficient (Wildman–Crippen LogP) is 5.85. The smallest absolute Gasteiger partial charge is 0.261 e. The van der Waals surface area contributed by atoms with E-state index in [9.17, 15) is 13.2 Å². The molecule has 1 aromatic heterocycles. The van der Waals surface area contributed by atoms with E-state index in [0.29, 0.717) is 18.4 Å². The molecular formula is C22H16F3N. The summed E-state index contributed by atoms with van der Waals surface area (Å²) < 4.78 is 39.8. The Balaban J connectivity index is 1.93. The van der Waals surface area contributed by atoms with Gasteiger partial charge in [-0.1, -0.05) is 30.3 Å². The van der Waals surface area contributed by atoms with Crippen LogP contribution in [-0.2, 0) is 12.8 Å². The Hall–Kier alpha value is -2.88. The molecule has 0 N–H and O–H groups in total. The number of rotatable bonds is 2. The second-order valence-corrected chi connectivity index (χ2v) is 6.33. The fourth-order valence-electron chi connectivity index (χ4n) is 3.42. The van der Waals surface area contributed by atoms with Crippen LogP contribution < -0.4 is 0 Å². The summed E-state index contributed by atoms with van der Waals surface area (Å²) in [5.41, 5.74) is 5.26. The highest BCUT2D eigenvalue weighted by Crippen LogP contribution is 2.35. The Morgan fingerprint density at radius 1 is 0.923 bits per heavy atom. The summed E-state index contributed by atoms with van der Waals surface area (Å²) in [5, 5.41) is 0. The Kier molecular flexibility index (Phi) is 4.33. The highest BCUT2D eigenvalue weighted by Gasteiger charge is 2.19. The fraction of sp³-hybridized carbons (Fsp3) is 0.136. The van der Waals surface area contributed by atoms with E-state index in [1.165, 1.54) is 18.2 Å². The minimum atomic E-state index is -2.52. The second-order valence-electron chi connectivity index (χ2n) is 6.33. The number of alkyl halides is 2. The molecule has 4 heteroatoms. The van der Waals surface area contributed by atoms with Gasteiger partial charge in [-0.25, -0.2) is 13.2 Å². The molecule has 0 radical (unpaired) electrons. The molecular weight excluding hydrogens is 335 g/mol. The molecule has 130 valence electrons. The first kappa shape index (κ1) is 16.6. The maximum atomic E-state index is 13.7. The predicted molar refractivity (Wildman–Crippen MR) is 96.4 cm³/mol. The molecule has 0 fully saturated rings. The fourth-order valence-corrected chi connectivity index (χ4v) is 3.42. The average Bonchev–Trinajstić information content (AvgIpc) is 2.79. The first-order valence-electron chi connectivity index (χ1n) is 8.45. The lowest BCUT2D eigenvalue weighted by molar-refractivity contribution is 0.151. The van der Waals surface area contributed by atoms with Gasteiger partial charge in [0.15, 0.2) is 0 Å². The van der Waals surface area contributed by atoms with Crippen molar-refractivity contribution in [3.05, 3.63) is 100 Å². The van der Waals surface area contributed by atoms with Crippen LogP contribution >= 0.6 is 0 Å². The van der Waals surface area contributed by atoms with Gasteiger partial charge in [-0.15, -0.1) is 0 Å². The third kappa shape index (κ3) is 3.15. The molecule has 0 atom stereocenters. The maximum absolute atomic E-state index is 13.7. The van der Waals surface area contributed by atoms with Crippen molar-refractivity contribution in [3.8, 4) is 0 Å².